The molecule has 0 aliphatic heterocycles. The van der Waals surface area contributed by atoms with Gasteiger partial charge in [0.15, 0.2) is 0 Å². The Balaban J connectivity index is 2.14. The van der Waals surface area contributed by atoms with Crippen LogP contribution >= 0.6 is 0 Å². The summed E-state index contributed by atoms with van der Waals surface area (Å²) in [6.07, 6.45) is 2.80. The van der Waals surface area contributed by atoms with Gasteiger partial charge in [-0.05, 0) is 51.5 Å². The van der Waals surface area contributed by atoms with Gasteiger partial charge in [-0.15, -0.1) is 0 Å². The van der Waals surface area contributed by atoms with Crippen LogP contribution in [-0.4, -0.2) is 12.1 Å². The van der Waals surface area contributed by atoms with Crippen molar-refractivity contribution < 1.29 is 0 Å². The SMILES string of the molecule is CCC(C)C1CC1CNC(C)(C)C. The molecule has 0 heterocycles. The second-order valence-corrected chi connectivity index (χ2v) is 5.68. The average molecular weight is 183 g/mol. The fourth-order valence-corrected chi connectivity index (χ4v) is 1.94. The van der Waals surface area contributed by atoms with Crippen LogP contribution in [0.3, 0.4) is 0 Å². The maximum atomic E-state index is 3.59. The third-order valence-electron chi connectivity index (χ3n) is 3.25. The highest BCUT2D eigenvalue weighted by molar-refractivity contribution is 4.91. The first-order chi connectivity index (χ1) is 5.94. The number of rotatable bonds is 4. The van der Waals surface area contributed by atoms with Crippen LogP contribution in [0.5, 0.6) is 0 Å². The Labute approximate surface area is 83.3 Å². The molecule has 1 aliphatic carbocycles. The van der Waals surface area contributed by atoms with E-state index >= 15 is 0 Å². The zero-order valence-corrected chi connectivity index (χ0v) is 9.85. The van der Waals surface area contributed by atoms with E-state index in [0.29, 0.717) is 5.54 Å². The summed E-state index contributed by atoms with van der Waals surface area (Å²) in [6, 6.07) is 0. The lowest BCUT2D eigenvalue weighted by Crippen LogP contribution is -2.37. The molecule has 13 heavy (non-hydrogen) atoms. The van der Waals surface area contributed by atoms with E-state index in [2.05, 4.69) is 39.9 Å². The van der Waals surface area contributed by atoms with Gasteiger partial charge in [-0.2, -0.15) is 0 Å². The van der Waals surface area contributed by atoms with Gasteiger partial charge in [0.05, 0.1) is 0 Å². The molecule has 1 N–H and O–H groups in total. The first kappa shape index (κ1) is 11.0. The first-order valence-electron chi connectivity index (χ1n) is 5.69. The van der Waals surface area contributed by atoms with E-state index in [-0.39, 0.29) is 0 Å². The molecule has 1 saturated carbocycles. The maximum Gasteiger partial charge on any atom is 0.00966 e. The van der Waals surface area contributed by atoms with Crippen molar-refractivity contribution in [2.24, 2.45) is 17.8 Å². The van der Waals surface area contributed by atoms with Crippen molar-refractivity contribution in [2.75, 3.05) is 6.54 Å². The van der Waals surface area contributed by atoms with Gasteiger partial charge < -0.3 is 5.32 Å². The molecule has 0 aromatic heterocycles. The summed E-state index contributed by atoms with van der Waals surface area (Å²) in [5.74, 6) is 2.92. The summed E-state index contributed by atoms with van der Waals surface area (Å²) >= 11 is 0. The summed E-state index contributed by atoms with van der Waals surface area (Å²) in [5, 5.41) is 3.59. The van der Waals surface area contributed by atoms with Crippen LogP contribution in [0, 0.1) is 17.8 Å². The summed E-state index contributed by atoms with van der Waals surface area (Å²) in [7, 11) is 0. The summed E-state index contributed by atoms with van der Waals surface area (Å²) < 4.78 is 0. The van der Waals surface area contributed by atoms with E-state index in [4.69, 9.17) is 0 Å². The van der Waals surface area contributed by atoms with Crippen molar-refractivity contribution in [1.29, 1.82) is 0 Å². The lowest BCUT2D eigenvalue weighted by atomic mass is 10.0. The largest absolute Gasteiger partial charge is 0.312 e. The van der Waals surface area contributed by atoms with Crippen molar-refractivity contribution >= 4 is 0 Å². The highest BCUT2D eigenvalue weighted by atomic mass is 15.0. The second-order valence-electron chi connectivity index (χ2n) is 5.68. The monoisotopic (exact) mass is 183 g/mol. The summed E-state index contributed by atoms with van der Waals surface area (Å²) in [4.78, 5) is 0. The maximum absolute atomic E-state index is 3.59. The molecule has 78 valence electrons. The normalized spacial score (nSPS) is 30.2. The Hall–Kier alpha value is -0.0400. The van der Waals surface area contributed by atoms with Gasteiger partial charge in [0.2, 0.25) is 0 Å². The van der Waals surface area contributed by atoms with Gasteiger partial charge in [-0.3, -0.25) is 0 Å². The fourth-order valence-electron chi connectivity index (χ4n) is 1.94. The van der Waals surface area contributed by atoms with Crippen LogP contribution in [0.25, 0.3) is 0 Å². The molecule has 1 aliphatic rings. The third-order valence-corrected chi connectivity index (χ3v) is 3.25. The minimum absolute atomic E-state index is 0.294. The van der Waals surface area contributed by atoms with E-state index in [1.807, 2.05) is 0 Å². The molecule has 3 atom stereocenters. The van der Waals surface area contributed by atoms with E-state index in [0.717, 1.165) is 17.8 Å². The lowest BCUT2D eigenvalue weighted by molar-refractivity contribution is 0.389. The van der Waals surface area contributed by atoms with Gasteiger partial charge in [0.1, 0.15) is 0 Å². The molecule has 1 heteroatoms. The quantitative estimate of drug-likeness (QED) is 0.706. The topological polar surface area (TPSA) is 12.0 Å². The van der Waals surface area contributed by atoms with E-state index in [1.165, 1.54) is 19.4 Å². The molecule has 0 bridgehead atoms. The summed E-state index contributed by atoms with van der Waals surface area (Å²) in [6.45, 7) is 12.6. The first-order valence-corrected chi connectivity index (χ1v) is 5.69. The summed E-state index contributed by atoms with van der Waals surface area (Å²) in [5.41, 5.74) is 0.294. The van der Waals surface area contributed by atoms with Crippen molar-refractivity contribution in [2.45, 2.75) is 53.0 Å². The molecule has 0 aromatic carbocycles. The van der Waals surface area contributed by atoms with Crippen LogP contribution in [0.2, 0.25) is 0 Å². The van der Waals surface area contributed by atoms with E-state index in [9.17, 15) is 0 Å². The Morgan fingerprint density at radius 3 is 2.46 bits per heavy atom. The van der Waals surface area contributed by atoms with Crippen LogP contribution in [0.4, 0.5) is 0 Å². The van der Waals surface area contributed by atoms with E-state index < -0.39 is 0 Å². The zero-order chi connectivity index (χ0) is 10.1. The van der Waals surface area contributed by atoms with Crippen molar-refractivity contribution in [3.8, 4) is 0 Å². The molecule has 1 nitrogen and oxygen atoms in total. The van der Waals surface area contributed by atoms with Crippen LogP contribution < -0.4 is 5.32 Å². The predicted octanol–water partition coefficient (Wildman–Crippen LogP) is 3.06. The molecule has 0 aromatic rings. The van der Waals surface area contributed by atoms with E-state index in [1.54, 1.807) is 0 Å². The van der Waals surface area contributed by atoms with Gasteiger partial charge in [0.25, 0.3) is 0 Å². The second kappa shape index (κ2) is 4.00. The smallest absolute Gasteiger partial charge is 0.00966 e. The Morgan fingerprint density at radius 2 is 2.00 bits per heavy atom. The Kier molecular flexibility index (Phi) is 3.39. The third kappa shape index (κ3) is 3.68. The molecule has 0 spiro atoms. The molecule has 0 amide bonds. The minimum atomic E-state index is 0.294. The molecule has 1 fully saturated rings. The van der Waals surface area contributed by atoms with Gasteiger partial charge in [-0.1, -0.05) is 20.3 Å². The fraction of sp³-hybridized carbons (Fsp3) is 1.00. The molecule has 3 unspecified atom stereocenters. The molecule has 1 rings (SSSR count). The standard InChI is InChI=1S/C12H25N/c1-6-9(2)11-7-10(11)8-13-12(3,4)5/h9-11,13H,6-8H2,1-5H3. The molecule has 0 saturated heterocycles. The Bertz CT molecular complexity index is 157. The zero-order valence-electron chi connectivity index (χ0n) is 9.85. The van der Waals surface area contributed by atoms with Crippen molar-refractivity contribution in [3.05, 3.63) is 0 Å². The lowest BCUT2D eigenvalue weighted by Gasteiger charge is -2.20. The van der Waals surface area contributed by atoms with Gasteiger partial charge in [-0.25, -0.2) is 0 Å². The number of nitrogens with one attached hydrogen (secondary N) is 1. The van der Waals surface area contributed by atoms with Crippen LogP contribution in [-0.2, 0) is 0 Å². The molecule has 0 radical (unpaired) electrons. The highest BCUT2D eigenvalue weighted by Crippen LogP contribution is 2.44. The number of hydrogen-bond donors (Lipinski definition) is 1. The van der Waals surface area contributed by atoms with Crippen molar-refractivity contribution in [1.82, 2.24) is 5.32 Å². The molecular formula is C12H25N. The predicted molar refractivity (Wildman–Crippen MR) is 58.8 cm³/mol. The highest BCUT2D eigenvalue weighted by Gasteiger charge is 2.39. The van der Waals surface area contributed by atoms with Crippen molar-refractivity contribution in [3.63, 3.8) is 0 Å². The number of hydrogen-bond acceptors (Lipinski definition) is 1. The van der Waals surface area contributed by atoms with Gasteiger partial charge >= 0.3 is 0 Å². The minimum Gasteiger partial charge on any atom is -0.312 e. The van der Waals surface area contributed by atoms with Crippen LogP contribution in [0.1, 0.15) is 47.5 Å². The average Bonchev–Trinajstić information content (AvgIpc) is 2.77. The Morgan fingerprint density at radius 1 is 1.38 bits per heavy atom. The molecular weight excluding hydrogens is 158 g/mol. The van der Waals surface area contributed by atoms with Gasteiger partial charge in [0, 0.05) is 5.54 Å². The van der Waals surface area contributed by atoms with Crippen LogP contribution in [0.15, 0.2) is 0 Å².